The molecule has 5 fully saturated rings. The van der Waals surface area contributed by atoms with E-state index in [2.05, 4.69) is 100 Å². The first-order valence-corrected chi connectivity index (χ1v) is 58.0. The van der Waals surface area contributed by atoms with Crippen LogP contribution in [0.1, 0.15) is 27.7 Å². The van der Waals surface area contributed by atoms with Gasteiger partial charge in [0.05, 0.1) is 98.0 Å². The number of nitriles is 1. The summed E-state index contributed by atoms with van der Waals surface area (Å²) in [5, 5.41) is 29.6. The zero-order valence-electron chi connectivity index (χ0n) is 71.9. The number of nitrogens with zero attached hydrogens (tertiary/aromatic N) is 10. The molecule has 0 spiro atoms. The summed E-state index contributed by atoms with van der Waals surface area (Å²) in [4.78, 5) is 22.0. The van der Waals surface area contributed by atoms with Gasteiger partial charge in [-0.1, -0.05) is 171 Å². The van der Waals surface area contributed by atoms with Gasteiger partial charge in [-0.15, -0.1) is 4.36 Å². The van der Waals surface area contributed by atoms with Crippen LogP contribution in [-0.2, 0) is 90.1 Å². The van der Waals surface area contributed by atoms with Crippen LogP contribution in [0.3, 0.4) is 0 Å². The van der Waals surface area contributed by atoms with E-state index >= 15 is 0 Å². The Morgan fingerprint density at radius 2 is 0.847 bits per heavy atom. The van der Waals surface area contributed by atoms with Gasteiger partial charge in [-0.3, -0.25) is 9.13 Å². The molecule has 3 N–H and O–H groups in total. The maximum absolute atomic E-state index is 12.6. The van der Waals surface area contributed by atoms with Crippen molar-refractivity contribution in [2.75, 3.05) is 78.8 Å². The first kappa shape index (κ1) is 98.2. The predicted molar refractivity (Wildman–Crippen MR) is 504 cm³/mol. The van der Waals surface area contributed by atoms with Gasteiger partial charge in [-0.2, -0.15) is 15.2 Å². The number of benzene rings is 6. The number of hydrogen-bond donors (Lipinski definition) is 3. The zero-order chi connectivity index (χ0) is 90.2. The molecule has 666 valence electrons. The Kier molecular flexibility index (Phi) is 32.6. The van der Waals surface area contributed by atoms with Gasteiger partial charge >= 0.3 is 19.1 Å². The fraction of sp³-hybridized carbons (Fsp3) is 0.424. The minimum absolute atomic E-state index is 0.208. The lowest BCUT2D eigenvalue weighted by Crippen LogP contribution is -2.41. The van der Waals surface area contributed by atoms with E-state index in [4.69, 9.17) is 100 Å². The number of ether oxygens (including phenoxy) is 8. The van der Waals surface area contributed by atoms with Crippen LogP contribution in [0.15, 0.2) is 204 Å². The molecular formula is C85H105BBr3Cl2N11O16S4Si2. The molecule has 5 aliphatic rings. The normalized spacial score (nSPS) is 21.8. The van der Waals surface area contributed by atoms with Crippen LogP contribution >= 0.6 is 71.0 Å². The summed E-state index contributed by atoms with van der Waals surface area (Å²) in [6, 6.07) is 51.1. The Hall–Kier alpha value is -6.43. The van der Waals surface area contributed by atoms with Gasteiger partial charge in [0.2, 0.25) is 6.19 Å². The highest BCUT2D eigenvalue weighted by atomic mass is 79.9. The predicted octanol–water partition coefficient (Wildman–Crippen LogP) is 17.4. The van der Waals surface area contributed by atoms with Crippen molar-refractivity contribution in [2.45, 2.75) is 172 Å². The van der Waals surface area contributed by atoms with Crippen LogP contribution in [0.4, 0.5) is 0 Å². The van der Waals surface area contributed by atoms with Gasteiger partial charge in [-0.25, -0.2) is 40.3 Å². The van der Waals surface area contributed by atoms with Crippen molar-refractivity contribution in [2.24, 2.45) is 13.1 Å². The summed E-state index contributed by atoms with van der Waals surface area (Å²) in [6.45, 7) is 24.7. The minimum Gasteiger partial charge on any atom is -0.456 e. The second-order valence-corrected chi connectivity index (χ2v) is 57.9. The van der Waals surface area contributed by atoms with Gasteiger partial charge in [0, 0.05) is 113 Å². The molecule has 5 saturated heterocycles. The standard InChI is InChI=1S/C32H39ClN4O6SSi.C30H41BClN3O7Si.C8H7BrN2OS.C8H10BrNOS.C7H8BrNOS/c1-34-44(2,39)23-12-10-21(11-13-23)20-6-8-22(9-7-20)28-24(33)16-25-31(36-28)37(19-40-14-15-45(3,4)5)32(35-25)43-27-18-42-29-26(38)17-41-30(27)29;1-29(2)30(3,4)42-31(41-29)19-10-8-18(9-11-19)24-20(32)14-21-27(34-24)35(17-37-12-13-43(5,6)7)28(33-21)40-23-16-39-25-22(36)15-38-26(23)25;1-13(12,11-6-10)8-4-2-7(9)3-5-8;1-10-12(2,11)8-5-3-7(9)4-6-8;1-11(9,10)7-4-2-6(8)3-5-7/h6-13,16,26-27,29-30,38H,14-15,17-19H2,1-5H3;8-11,14,22-23,25-26,36H,12-13,15-17H2,1-7H3;2-5H,1H3;3-6H,1-2H3;2-5,9H,1H3/t26-,27-,29-,30-,44?;22-,23-,25-,26-;;;/m11.../s1. The van der Waals surface area contributed by atoms with Gasteiger partial charge < -0.3 is 57.4 Å². The molecule has 12 atom stereocenters. The lowest BCUT2D eigenvalue weighted by atomic mass is 9.79. The number of hydrogen-bond acceptors (Lipinski definition) is 25. The fourth-order valence-electron chi connectivity index (χ4n) is 13.2. The van der Waals surface area contributed by atoms with E-state index in [0.717, 1.165) is 58.1 Å². The molecule has 0 amide bonds. The average molecular weight is 2040 g/mol. The van der Waals surface area contributed by atoms with E-state index < -0.39 is 110 Å². The first-order valence-electron chi connectivity index (χ1n) is 39.7. The minimum atomic E-state index is -2.54. The van der Waals surface area contributed by atoms with Crippen LogP contribution in [0.5, 0.6) is 12.0 Å². The topological polar surface area (TPSA) is 347 Å². The number of halogens is 5. The van der Waals surface area contributed by atoms with Gasteiger partial charge in [0.15, 0.2) is 23.5 Å². The third-order valence-corrected chi connectivity index (χ3v) is 33.4. The number of aliphatic hydroxyl groups is 2. The summed E-state index contributed by atoms with van der Waals surface area (Å²) in [5.74, 6) is 0. The Bertz CT molecular complexity index is 5980. The quantitative estimate of drug-likeness (QED) is 0.0322. The Morgan fingerprint density at radius 3 is 1.20 bits per heavy atom. The maximum Gasteiger partial charge on any atom is 0.494 e. The van der Waals surface area contributed by atoms with E-state index in [0.29, 0.717) is 90.3 Å². The van der Waals surface area contributed by atoms with Gasteiger partial charge in [0.25, 0.3) is 0 Å². The first-order chi connectivity index (χ1) is 58.3. The van der Waals surface area contributed by atoms with Crippen molar-refractivity contribution >= 4 is 161 Å². The van der Waals surface area contributed by atoms with Crippen LogP contribution in [0.2, 0.25) is 61.4 Å². The van der Waals surface area contributed by atoms with Crippen molar-refractivity contribution in [1.82, 2.24) is 29.1 Å². The third-order valence-electron chi connectivity index (χ3n) is 21.4. The van der Waals surface area contributed by atoms with Crippen molar-refractivity contribution in [3.8, 4) is 51.9 Å². The van der Waals surface area contributed by atoms with E-state index in [-0.39, 0.29) is 45.5 Å². The van der Waals surface area contributed by atoms with Crippen LogP contribution in [0.25, 0.3) is 56.0 Å². The number of nitrogens with one attached hydrogen (secondary N) is 1. The third kappa shape index (κ3) is 25.0. The molecule has 0 saturated carbocycles. The second-order valence-electron chi connectivity index (χ2n) is 33.8. The lowest BCUT2D eigenvalue weighted by Gasteiger charge is -2.32. The highest BCUT2D eigenvalue weighted by molar-refractivity contribution is 9.11. The number of rotatable bonds is 22. The SMILES string of the molecule is CC1(C)OB(c2ccc(-c3nc4c(cc3Cl)nc(O[C@@H]3CO[C@H]5[C@@H]3OC[C@H]5O)n4COCC[Si](C)(C)C)cc2)OC1(C)C.CN=S(C)(=O)c1ccc(-c2ccc(-c3nc4c(cc3Cl)nc(O[C@@H]3CO[C@H]5[C@@H]3OC[C@H]5O)n4COCC[Si](C)(C)C)cc2)cc1.CN=S(C)(=O)c1ccc(Br)cc1.CS(=N)(=O)c1ccc(Br)cc1.CS(=O)(=NC#N)c1ccc(Br)cc1. The summed E-state index contributed by atoms with van der Waals surface area (Å²) >= 11 is 23.4. The fourth-order valence-corrected chi connectivity index (χ4v) is 19.2. The van der Waals surface area contributed by atoms with Crippen molar-refractivity contribution in [3.63, 3.8) is 0 Å². The smallest absolute Gasteiger partial charge is 0.456 e. The Morgan fingerprint density at radius 1 is 0.516 bits per heavy atom. The molecule has 124 heavy (non-hydrogen) atoms. The number of imidazole rings is 2. The van der Waals surface area contributed by atoms with Gasteiger partial charge in [-0.05, 0) is 153 Å². The summed E-state index contributed by atoms with van der Waals surface area (Å²) in [7, 11) is -9.49. The summed E-state index contributed by atoms with van der Waals surface area (Å²) in [6.07, 6.45) is 3.93. The van der Waals surface area contributed by atoms with E-state index in [1.807, 2.05) is 134 Å². The van der Waals surface area contributed by atoms with Crippen LogP contribution in [0, 0.1) is 16.2 Å². The average Bonchev–Trinajstić information content (AvgIpc) is 1.60. The highest BCUT2D eigenvalue weighted by Gasteiger charge is 2.53. The molecule has 10 aromatic rings. The molecule has 39 heteroatoms. The Labute approximate surface area is 764 Å². The lowest BCUT2D eigenvalue weighted by molar-refractivity contribution is 0.00332. The molecule has 4 unspecified atom stereocenters. The molecule has 4 aromatic heterocycles. The molecule has 0 aliphatic carbocycles. The Balaban J connectivity index is 0.000000173. The summed E-state index contributed by atoms with van der Waals surface area (Å²) < 4.78 is 133. The van der Waals surface area contributed by atoms with E-state index in [1.165, 1.54) is 12.5 Å². The molecule has 0 bridgehead atoms. The molecule has 9 heterocycles. The second kappa shape index (κ2) is 41.1. The molecular weight excluding hydrogens is 1940 g/mol. The monoisotopic (exact) mass is 2040 g/mol. The zero-order valence-corrected chi connectivity index (χ0v) is 83.4. The highest BCUT2D eigenvalue weighted by Crippen LogP contribution is 2.40. The molecule has 6 aromatic carbocycles. The van der Waals surface area contributed by atoms with Gasteiger partial charge in [0.1, 0.15) is 61.1 Å². The molecule has 27 nitrogen and oxygen atoms in total. The van der Waals surface area contributed by atoms with E-state index in [9.17, 15) is 27.0 Å². The number of fused-ring (bicyclic) bond motifs is 4. The largest absolute Gasteiger partial charge is 0.494 e. The van der Waals surface area contributed by atoms with Crippen molar-refractivity contribution < 1.29 is 74.3 Å². The number of aliphatic hydroxyl groups excluding tert-OH is 2. The molecule has 15 rings (SSSR count). The molecule has 5 aliphatic heterocycles. The van der Waals surface area contributed by atoms with Crippen molar-refractivity contribution in [1.29, 1.82) is 10.0 Å². The number of aromatic nitrogens is 6. The van der Waals surface area contributed by atoms with Crippen LogP contribution in [-0.4, -0.2) is 218 Å². The van der Waals surface area contributed by atoms with Crippen molar-refractivity contribution in [3.05, 3.63) is 181 Å². The van der Waals surface area contributed by atoms with Crippen LogP contribution < -0.4 is 14.9 Å². The number of pyridine rings is 2. The maximum atomic E-state index is 12.6. The summed E-state index contributed by atoms with van der Waals surface area (Å²) in [5.41, 5.74) is 7.38. The molecule has 0 radical (unpaired) electrons. The van der Waals surface area contributed by atoms with E-state index in [1.54, 1.807) is 93.5 Å².